The van der Waals surface area contributed by atoms with Crippen molar-refractivity contribution in [1.82, 2.24) is 24.7 Å². The molecule has 0 aliphatic carbocycles. The summed E-state index contributed by atoms with van der Waals surface area (Å²) in [5.41, 5.74) is 2.00. The first-order valence-electron chi connectivity index (χ1n) is 5.99. The molecule has 0 fully saturated rings. The zero-order chi connectivity index (χ0) is 14.1. The first kappa shape index (κ1) is 12.9. The van der Waals surface area contributed by atoms with Crippen LogP contribution < -0.4 is 4.74 Å². The smallest absolute Gasteiger partial charge is 0.245 e. The molecule has 0 radical (unpaired) electrons. The van der Waals surface area contributed by atoms with Crippen molar-refractivity contribution < 1.29 is 9.26 Å². The molecule has 3 aromatic heterocycles. The predicted molar refractivity (Wildman–Crippen MR) is 71.7 cm³/mol. The van der Waals surface area contributed by atoms with E-state index in [-0.39, 0.29) is 5.38 Å². The Morgan fingerprint density at radius 3 is 2.95 bits per heavy atom. The van der Waals surface area contributed by atoms with Crippen molar-refractivity contribution in [3.8, 4) is 5.88 Å². The molecule has 1 unspecified atom stereocenters. The van der Waals surface area contributed by atoms with E-state index in [2.05, 4.69) is 20.1 Å². The summed E-state index contributed by atoms with van der Waals surface area (Å²) < 4.78 is 11.9. The van der Waals surface area contributed by atoms with Crippen molar-refractivity contribution in [1.29, 1.82) is 0 Å². The summed E-state index contributed by atoms with van der Waals surface area (Å²) in [6, 6.07) is 1.78. The van der Waals surface area contributed by atoms with E-state index in [1.54, 1.807) is 13.2 Å². The third-order valence-corrected chi connectivity index (χ3v) is 3.08. The van der Waals surface area contributed by atoms with Gasteiger partial charge >= 0.3 is 0 Å². The van der Waals surface area contributed by atoms with Gasteiger partial charge in [0.25, 0.3) is 0 Å². The van der Waals surface area contributed by atoms with E-state index in [4.69, 9.17) is 20.9 Å². The SMILES string of the molecule is COc1ncnc2c1nc(C(C)Cl)n2Cc1ccon1. The van der Waals surface area contributed by atoms with Gasteiger partial charge in [-0.05, 0) is 6.92 Å². The number of fused-ring (bicyclic) bond motifs is 1. The molecule has 0 bridgehead atoms. The lowest BCUT2D eigenvalue weighted by molar-refractivity contribution is 0.401. The van der Waals surface area contributed by atoms with E-state index in [1.165, 1.54) is 12.6 Å². The molecule has 0 spiro atoms. The van der Waals surface area contributed by atoms with E-state index in [0.29, 0.717) is 29.4 Å². The van der Waals surface area contributed by atoms with Crippen LogP contribution in [0.4, 0.5) is 0 Å². The largest absolute Gasteiger partial charge is 0.479 e. The van der Waals surface area contributed by atoms with Crippen molar-refractivity contribution in [2.75, 3.05) is 7.11 Å². The monoisotopic (exact) mass is 293 g/mol. The van der Waals surface area contributed by atoms with E-state index in [9.17, 15) is 0 Å². The predicted octanol–water partition coefficient (Wildman–Crippen LogP) is 2.17. The number of ether oxygens (including phenoxy) is 1. The standard InChI is InChI=1S/C12H12ClN5O2/c1-7(13)10-16-9-11(14-6-15-12(9)19-2)18(10)5-8-3-4-20-17-8/h3-4,6-7H,5H2,1-2H3. The second-order valence-corrected chi connectivity index (χ2v) is 4.87. The number of rotatable bonds is 4. The van der Waals surface area contributed by atoms with Crippen LogP contribution in [0.25, 0.3) is 11.2 Å². The fourth-order valence-electron chi connectivity index (χ4n) is 2.02. The molecule has 0 aliphatic heterocycles. The van der Waals surface area contributed by atoms with Gasteiger partial charge in [-0.3, -0.25) is 0 Å². The molecule has 0 N–H and O–H groups in total. The van der Waals surface area contributed by atoms with Crippen molar-refractivity contribution in [2.24, 2.45) is 0 Å². The van der Waals surface area contributed by atoms with Crippen molar-refractivity contribution in [3.63, 3.8) is 0 Å². The maximum Gasteiger partial charge on any atom is 0.245 e. The van der Waals surface area contributed by atoms with Crippen LogP contribution in [0.5, 0.6) is 5.88 Å². The molecule has 7 nitrogen and oxygen atoms in total. The fourth-order valence-corrected chi connectivity index (χ4v) is 2.19. The molecule has 20 heavy (non-hydrogen) atoms. The average Bonchev–Trinajstić information content (AvgIpc) is 3.07. The maximum atomic E-state index is 6.20. The van der Waals surface area contributed by atoms with Gasteiger partial charge in [-0.15, -0.1) is 11.6 Å². The van der Waals surface area contributed by atoms with Crippen LogP contribution in [0, 0.1) is 0 Å². The Bertz CT molecular complexity index is 723. The summed E-state index contributed by atoms with van der Waals surface area (Å²) in [7, 11) is 1.54. The van der Waals surface area contributed by atoms with E-state index in [0.717, 1.165) is 5.69 Å². The Hall–Kier alpha value is -2.15. The number of nitrogens with zero attached hydrogens (tertiary/aromatic N) is 5. The van der Waals surface area contributed by atoms with Crippen LogP contribution in [0.2, 0.25) is 0 Å². The highest BCUT2D eigenvalue weighted by atomic mass is 35.5. The van der Waals surface area contributed by atoms with Gasteiger partial charge in [0.05, 0.1) is 19.0 Å². The Morgan fingerprint density at radius 1 is 1.45 bits per heavy atom. The van der Waals surface area contributed by atoms with Crippen LogP contribution in [0.15, 0.2) is 23.2 Å². The second-order valence-electron chi connectivity index (χ2n) is 4.22. The Kier molecular flexibility index (Phi) is 3.27. The van der Waals surface area contributed by atoms with Gasteiger partial charge in [0.2, 0.25) is 5.88 Å². The summed E-state index contributed by atoms with van der Waals surface area (Å²) in [6.45, 7) is 2.32. The summed E-state index contributed by atoms with van der Waals surface area (Å²) in [5.74, 6) is 1.11. The van der Waals surface area contributed by atoms with Crippen LogP contribution in [0.1, 0.15) is 23.8 Å². The molecule has 3 aromatic rings. The minimum Gasteiger partial charge on any atom is -0.479 e. The Morgan fingerprint density at radius 2 is 2.30 bits per heavy atom. The quantitative estimate of drug-likeness (QED) is 0.686. The lowest BCUT2D eigenvalue weighted by Crippen LogP contribution is -2.06. The molecule has 0 aromatic carbocycles. The number of aromatic nitrogens is 5. The number of hydrogen-bond acceptors (Lipinski definition) is 6. The van der Waals surface area contributed by atoms with Crippen molar-refractivity contribution in [3.05, 3.63) is 30.2 Å². The number of alkyl halides is 1. The van der Waals surface area contributed by atoms with Crippen LogP contribution in [-0.2, 0) is 6.54 Å². The van der Waals surface area contributed by atoms with Crippen molar-refractivity contribution >= 4 is 22.8 Å². The number of hydrogen-bond donors (Lipinski definition) is 0. The zero-order valence-electron chi connectivity index (χ0n) is 10.9. The summed E-state index contributed by atoms with van der Waals surface area (Å²) >= 11 is 6.20. The molecule has 8 heteroatoms. The van der Waals surface area contributed by atoms with Crippen molar-refractivity contribution in [2.45, 2.75) is 18.8 Å². The maximum absolute atomic E-state index is 6.20. The lowest BCUT2D eigenvalue weighted by Gasteiger charge is -2.07. The zero-order valence-corrected chi connectivity index (χ0v) is 11.7. The van der Waals surface area contributed by atoms with E-state index < -0.39 is 0 Å². The molecule has 0 amide bonds. The Labute approximate surface area is 119 Å². The summed E-state index contributed by atoms with van der Waals surface area (Å²) in [6.07, 6.45) is 2.96. The average molecular weight is 294 g/mol. The minimum absolute atomic E-state index is 0.277. The molecular formula is C12H12ClN5O2. The highest BCUT2D eigenvalue weighted by Gasteiger charge is 2.20. The molecule has 0 saturated carbocycles. The highest BCUT2D eigenvalue weighted by molar-refractivity contribution is 6.20. The molecular weight excluding hydrogens is 282 g/mol. The molecule has 3 heterocycles. The molecule has 3 rings (SSSR count). The molecule has 0 aliphatic rings. The van der Waals surface area contributed by atoms with Crippen LogP contribution in [-0.4, -0.2) is 31.8 Å². The van der Waals surface area contributed by atoms with Gasteiger partial charge in [-0.25, -0.2) is 9.97 Å². The van der Waals surface area contributed by atoms with E-state index in [1.807, 2.05) is 11.5 Å². The van der Waals surface area contributed by atoms with Gasteiger partial charge in [0.15, 0.2) is 11.2 Å². The van der Waals surface area contributed by atoms with Gasteiger partial charge in [0, 0.05) is 6.07 Å². The minimum atomic E-state index is -0.277. The first-order valence-corrected chi connectivity index (χ1v) is 6.42. The molecule has 0 saturated heterocycles. The van der Waals surface area contributed by atoms with Gasteiger partial charge in [-0.1, -0.05) is 5.16 Å². The lowest BCUT2D eigenvalue weighted by atomic mass is 10.4. The second kappa shape index (κ2) is 5.09. The molecule has 1 atom stereocenters. The Balaban J connectivity index is 2.19. The van der Waals surface area contributed by atoms with E-state index >= 15 is 0 Å². The fraction of sp³-hybridized carbons (Fsp3) is 0.333. The topological polar surface area (TPSA) is 78.9 Å². The first-order chi connectivity index (χ1) is 9.70. The highest BCUT2D eigenvalue weighted by Crippen LogP contribution is 2.27. The number of imidazole rings is 1. The third-order valence-electron chi connectivity index (χ3n) is 2.89. The molecule has 104 valence electrons. The third kappa shape index (κ3) is 2.09. The van der Waals surface area contributed by atoms with Crippen LogP contribution in [0.3, 0.4) is 0 Å². The van der Waals surface area contributed by atoms with Gasteiger partial charge < -0.3 is 13.8 Å². The van der Waals surface area contributed by atoms with Gasteiger partial charge in [-0.2, -0.15) is 4.98 Å². The normalized spacial score (nSPS) is 12.8. The number of methoxy groups -OCH3 is 1. The summed E-state index contributed by atoms with van der Waals surface area (Å²) in [5, 5.41) is 3.62. The van der Waals surface area contributed by atoms with Gasteiger partial charge in [0.1, 0.15) is 24.1 Å². The van der Waals surface area contributed by atoms with Crippen LogP contribution >= 0.6 is 11.6 Å². The summed E-state index contributed by atoms with van der Waals surface area (Å²) in [4.78, 5) is 12.8. The number of halogens is 1.